The van der Waals surface area contributed by atoms with E-state index in [-0.39, 0.29) is 5.91 Å². The van der Waals surface area contributed by atoms with Crippen LogP contribution in [0.3, 0.4) is 0 Å². The predicted molar refractivity (Wildman–Crippen MR) is 93.2 cm³/mol. The van der Waals surface area contributed by atoms with Crippen molar-refractivity contribution in [3.63, 3.8) is 0 Å². The first-order chi connectivity index (χ1) is 11.2. The van der Waals surface area contributed by atoms with E-state index in [0.29, 0.717) is 23.7 Å². The molecule has 1 aromatic carbocycles. The highest BCUT2D eigenvalue weighted by Gasteiger charge is 2.02. The molecule has 0 saturated carbocycles. The highest BCUT2D eigenvalue weighted by molar-refractivity contribution is 6.01. The molecule has 2 rings (SSSR count). The van der Waals surface area contributed by atoms with Crippen molar-refractivity contribution < 1.29 is 9.53 Å². The molecule has 120 valence electrons. The number of aromatic nitrogens is 1. The molecule has 0 aliphatic heterocycles. The van der Waals surface area contributed by atoms with Gasteiger partial charge in [0.05, 0.1) is 24.2 Å². The molecule has 23 heavy (non-hydrogen) atoms. The van der Waals surface area contributed by atoms with E-state index in [1.165, 1.54) is 6.08 Å². The van der Waals surface area contributed by atoms with Crippen molar-refractivity contribution in [3.8, 4) is 5.75 Å². The van der Waals surface area contributed by atoms with E-state index in [9.17, 15) is 4.79 Å². The van der Waals surface area contributed by atoms with Crippen LogP contribution in [-0.4, -0.2) is 17.5 Å². The normalized spacial score (nSPS) is 10.7. The fourth-order valence-corrected chi connectivity index (χ4v) is 1.92. The summed E-state index contributed by atoms with van der Waals surface area (Å²) >= 11 is 0. The van der Waals surface area contributed by atoms with Gasteiger partial charge in [0.2, 0.25) is 5.91 Å². The van der Waals surface area contributed by atoms with Crippen LogP contribution in [-0.2, 0) is 4.79 Å². The van der Waals surface area contributed by atoms with Crippen LogP contribution in [0.1, 0.15) is 25.3 Å². The molecule has 0 bridgehead atoms. The van der Waals surface area contributed by atoms with Gasteiger partial charge in [-0.25, -0.2) is 0 Å². The lowest BCUT2D eigenvalue weighted by Gasteiger charge is -2.08. The minimum atomic E-state index is -0.222. The number of rotatable bonds is 7. The SMILES string of the molecule is CCCCOc1ccc(/C=C\C(=O)Nc2cccnc2)cc1N. The number of nitrogen functional groups attached to an aromatic ring is 1. The predicted octanol–water partition coefficient (Wildman–Crippen LogP) is 3.49. The summed E-state index contributed by atoms with van der Waals surface area (Å²) in [5, 5.41) is 2.73. The highest BCUT2D eigenvalue weighted by Crippen LogP contribution is 2.23. The Hall–Kier alpha value is -2.82. The summed E-state index contributed by atoms with van der Waals surface area (Å²) < 4.78 is 5.60. The largest absolute Gasteiger partial charge is 0.491 e. The van der Waals surface area contributed by atoms with Crippen molar-refractivity contribution in [3.05, 3.63) is 54.4 Å². The number of hydrogen-bond donors (Lipinski definition) is 2. The smallest absolute Gasteiger partial charge is 0.248 e. The van der Waals surface area contributed by atoms with Crippen LogP contribution in [0.5, 0.6) is 5.75 Å². The number of carbonyl (C=O) groups is 1. The summed E-state index contributed by atoms with van der Waals surface area (Å²) in [4.78, 5) is 15.8. The van der Waals surface area contributed by atoms with Crippen molar-refractivity contribution in [2.75, 3.05) is 17.7 Å². The lowest BCUT2D eigenvalue weighted by Crippen LogP contribution is -2.07. The molecule has 0 atom stereocenters. The number of unbranched alkanes of at least 4 members (excludes halogenated alkanes) is 1. The van der Waals surface area contributed by atoms with E-state index in [1.807, 2.05) is 12.1 Å². The second kappa shape index (κ2) is 8.58. The van der Waals surface area contributed by atoms with Crippen LogP contribution in [0.25, 0.3) is 6.08 Å². The molecule has 3 N–H and O–H groups in total. The summed E-state index contributed by atoms with van der Waals surface area (Å²) in [6.45, 7) is 2.76. The molecule has 1 heterocycles. The van der Waals surface area contributed by atoms with Crippen molar-refractivity contribution in [1.82, 2.24) is 4.98 Å². The number of nitrogens with two attached hydrogens (primary N) is 1. The zero-order chi connectivity index (χ0) is 16.5. The van der Waals surface area contributed by atoms with Gasteiger partial charge in [0, 0.05) is 12.3 Å². The first-order valence-corrected chi connectivity index (χ1v) is 7.60. The van der Waals surface area contributed by atoms with Crippen LogP contribution in [0.15, 0.2) is 48.8 Å². The molecule has 0 fully saturated rings. The lowest BCUT2D eigenvalue weighted by atomic mass is 10.1. The summed E-state index contributed by atoms with van der Waals surface area (Å²) in [5.41, 5.74) is 8.03. The Bertz CT molecular complexity index is 669. The lowest BCUT2D eigenvalue weighted by molar-refractivity contribution is -0.111. The minimum Gasteiger partial charge on any atom is -0.491 e. The molecule has 2 aromatic rings. The number of nitrogens with zero attached hydrogens (tertiary/aromatic N) is 1. The Kier molecular flexibility index (Phi) is 6.17. The topological polar surface area (TPSA) is 77.2 Å². The summed E-state index contributed by atoms with van der Waals surface area (Å²) in [5.74, 6) is 0.454. The molecular formula is C18H21N3O2. The zero-order valence-electron chi connectivity index (χ0n) is 13.2. The van der Waals surface area contributed by atoms with E-state index in [2.05, 4.69) is 17.2 Å². The minimum absolute atomic E-state index is 0.222. The Balaban J connectivity index is 1.94. The maximum atomic E-state index is 11.8. The van der Waals surface area contributed by atoms with E-state index in [1.54, 1.807) is 36.7 Å². The average molecular weight is 311 g/mol. The number of ether oxygens (including phenoxy) is 1. The fourth-order valence-electron chi connectivity index (χ4n) is 1.92. The van der Waals surface area contributed by atoms with Crippen LogP contribution in [0.4, 0.5) is 11.4 Å². The van der Waals surface area contributed by atoms with Crippen molar-refractivity contribution >= 4 is 23.4 Å². The van der Waals surface area contributed by atoms with Crippen LogP contribution < -0.4 is 15.8 Å². The number of carbonyl (C=O) groups excluding carboxylic acids is 1. The van der Waals surface area contributed by atoms with E-state index in [0.717, 1.165) is 18.4 Å². The Morgan fingerprint density at radius 3 is 2.96 bits per heavy atom. The van der Waals surface area contributed by atoms with Gasteiger partial charge in [-0.2, -0.15) is 0 Å². The first-order valence-electron chi connectivity index (χ1n) is 7.60. The molecular weight excluding hydrogens is 290 g/mol. The van der Waals surface area contributed by atoms with Crippen molar-refractivity contribution in [1.29, 1.82) is 0 Å². The van der Waals surface area contributed by atoms with Crippen LogP contribution in [0.2, 0.25) is 0 Å². The second-order valence-electron chi connectivity index (χ2n) is 5.06. The maximum Gasteiger partial charge on any atom is 0.248 e. The molecule has 5 nitrogen and oxygen atoms in total. The maximum absolute atomic E-state index is 11.8. The van der Waals surface area contributed by atoms with Crippen LogP contribution in [0, 0.1) is 0 Å². The van der Waals surface area contributed by atoms with Gasteiger partial charge in [-0.3, -0.25) is 9.78 Å². The molecule has 1 amide bonds. The van der Waals surface area contributed by atoms with Gasteiger partial charge in [0.15, 0.2) is 0 Å². The molecule has 0 radical (unpaired) electrons. The quantitative estimate of drug-likeness (QED) is 0.466. The molecule has 0 aliphatic rings. The molecule has 0 unspecified atom stereocenters. The standard InChI is InChI=1S/C18H21N3O2/c1-2-3-11-23-17-8-6-14(12-16(17)19)7-9-18(22)21-15-5-4-10-20-13-15/h4-10,12-13H,2-3,11,19H2,1H3,(H,21,22)/b9-7-. The Labute approximate surface area is 136 Å². The summed E-state index contributed by atoms with van der Waals surface area (Å²) in [6, 6.07) is 9.01. The number of pyridine rings is 1. The van der Waals surface area contributed by atoms with Gasteiger partial charge in [-0.15, -0.1) is 0 Å². The third-order valence-corrected chi connectivity index (χ3v) is 3.15. The average Bonchev–Trinajstić information content (AvgIpc) is 2.56. The van der Waals surface area contributed by atoms with Crippen LogP contribution >= 0.6 is 0 Å². The number of nitrogens with one attached hydrogen (secondary N) is 1. The number of amides is 1. The second-order valence-corrected chi connectivity index (χ2v) is 5.06. The number of hydrogen-bond acceptors (Lipinski definition) is 4. The van der Waals surface area contributed by atoms with E-state index in [4.69, 9.17) is 10.5 Å². The molecule has 0 saturated heterocycles. The van der Waals surface area contributed by atoms with Crippen molar-refractivity contribution in [2.24, 2.45) is 0 Å². The summed E-state index contributed by atoms with van der Waals surface area (Å²) in [7, 11) is 0. The Morgan fingerprint density at radius 2 is 2.26 bits per heavy atom. The zero-order valence-corrected chi connectivity index (χ0v) is 13.2. The van der Waals surface area contributed by atoms with Gasteiger partial charge in [-0.1, -0.05) is 19.4 Å². The molecule has 0 aliphatic carbocycles. The van der Waals surface area contributed by atoms with Gasteiger partial charge >= 0.3 is 0 Å². The number of benzene rings is 1. The highest BCUT2D eigenvalue weighted by atomic mass is 16.5. The van der Waals surface area contributed by atoms with Gasteiger partial charge in [-0.05, 0) is 42.3 Å². The monoisotopic (exact) mass is 311 g/mol. The Morgan fingerprint density at radius 1 is 1.39 bits per heavy atom. The van der Waals surface area contributed by atoms with Gasteiger partial charge in [0.1, 0.15) is 5.75 Å². The third-order valence-electron chi connectivity index (χ3n) is 3.15. The molecule has 0 spiro atoms. The fraction of sp³-hybridized carbons (Fsp3) is 0.222. The third kappa shape index (κ3) is 5.47. The number of anilines is 2. The van der Waals surface area contributed by atoms with E-state index >= 15 is 0 Å². The summed E-state index contributed by atoms with van der Waals surface area (Å²) in [6.07, 6.45) is 8.48. The molecule has 1 aromatic heterocycles. The van der Waals surface area contributed by atoms with Gasteiger partial charge in [0.25, 0.3) is 0 Å². The van der Waals surface area contributed by atoms with Gasteiger partial charge < -0.3 is 15.8 Å². The molecule has 5 heteroatoms. The first kappa shape index (κ1) is 16.5. The van der Waals surface area contributed by atoms with E-state index < -0.39 is 0 Å². The van der Waals surface area contributed by atoms with Crippen molar-refractivity contribution in [2.45, 2.75) is 19.8 Å².